The summed E-state index contributed by atoms with van der Waals surface area (Å²) >= 11 is 3.25. The van der Waals surface area contributed by atoms with E-state index in [2.05, 4.69) is 16.7 Å². The van der Waals surface area contributed by atoms with Gasteiger partial charge in [0, 0.05) is 10.8 Å². The molecular weight excluding hydrogens is 456 g/mol. The van der Waals surface area contributed by atoms with Crippen LogP contribution in [0.5, 0.6) is 0 Å². The molecule has 1 aliphatic carbocycles. The van der Waals surface area contributed by atoms with Crippen LogP contribution in [0.1, 0.15) is 17.0 Å². The molecule has 4 aromatic rings. The number of aliphatic hydroxyl groups excluding tert-OH is 2. The third-order valence-corrected chi connectivity index (χ3v) is 7.96. The molecule has 33 heavy (non-hydrogen) atoms. The Hall–Kier alpha value is -2.63. The number of para-hydroxylation sites is 1. The smallest absolute Gasteiger partial charge is 0.225 e. The van der Waals surface area contributed by atoms with Crippen molar-refractivity contribution in [2.75, 3.05) is 17.2 Å². The maximum atomic E-state index is 10.6. The molecule has 1 fully saturated rings. The van der Waals surface area contributed by atoms with Gasteiger partial charge >= 0.3 is 0 Å². The molecule has 5 rings (SSSR count). The highest BCUT2D eigenvalue weighted by Gasteiger charge is 2.41. The minimum absolute atomic E-state index is 0.164. The van der Waals surface area contributed by atoms with E-state index in [9.17, 15) is 10.2 Å². The van der Waals surface area contributed by atoms with Crippen LogP contribution in [0.2, 0.25) is 0 Å². The molecule has 1 saturated carbocycles. The Kier molecular flexibility index (Phi) is 6.26. The summed E-state index contributed by atoms with van der Waals surface area (Å²) in [6, 6.07) is 11.7. The van der Waals surface area contributed by atoms with Crippen molar-refractivity contribution < 1.29 is 10.2 Å². The number of hydrogen-bond donors (Lipinski definition) is 5. The Balaban J connectivity index is 1.52. The van der Waals surface area contributed by atoms with Gasteiger partial charge in [-0.1, -0.05) is 18.2 Å². The van der Waals surface area contributed by atoms with Crippen LogP contribution in [0.15, 0.2) is 41.8 Å². The number of rotatable bonds is 7. The van der Waals surface area contributed by atoms with E-state index >= 15 is 0 Å². The van der Waals surface area contributed by atoms with E-state index in [0.29, 0.717) is 31.3 Å². The van der Waals surface area contributed by atoms with Gasteiger partial charge in [-0.2, -0.15) is 4.98 Å². The lowest BCUT2D eigenvalue weighted by molar-refractivity contribution is 0.0192. The fourth-order valence-electron chi connectivity index (χ4n) is 4.25. The van der Waals surface area contributed by atoms with Crippen LogP contribution in [0.4, 0.5) is 11.8 Å². The highest BCUT2D eigenvalue weighted by molar-refractivity contribution is 7.21. The van der Waals surface area contributed by atoms with Crippen molar-refractivity contribution in [1.82, 2.24) is 15.0 Å². The van der Waals surface area contributed by atoms with Crippen molar-refractivity contribution >= 4 is 44.7 Å². The summed E-state index contributed by atoms with van der Waals surface area (Å²) in [7, 11) is 0. The Morgan fingerprint density at radius 1 is 1.09 bits per heavy atom. The lowest BCUT2D eigenvalue weighted by atomic mass is 10.1. The van der Waals surface area contributed by atoms with Gasteiger partial charge in [-0.05, 0) is 43.5 Å². The number of nitrogens with one attached hydrogen (secondary N) is 2. The van der Waals surface area contributed by atoms with Crippen LogP contribution in [0.25, 0.3) is 20.8 Å². The second-order valence-electron chi connectivity index (χ2n) is 8.24. The molecule has 0 radical (unpaired) electrons. The van der Waals surface area contributed by atoms with E-state index in [1.807, 2.05) is 42.6 Å². The number of aliphatic hydroxyl groups is 2. The molecule has 0 spiro atoms. The summed E-state index contributed by atoms with van der Waals surface area (Å²) in [5.74, 6) is 0.920. The summed E-state index contributed by atoms with van der Waals surface area (Å²) in [6.45, 7) is 2.88. The molecule has 0 aliphatic heterocycles. The lowest BCUT2D eigenvalue weighted by Crippen LogP contribution is -2.36. The zero-order valence-electron chi connectivity index (χ0n) is 18.1. The number of aryl methyl sites for hydroxylation is 1. The van der Waals surface area contributed by atoms with Gasteiger partial charge < -0.3 is 26.6 Å². The molecule has 4 atom stereocenters. The number of thiazole rings is 1. The number of nitrogens with two attached hydrogens (primary N) is 1. The zero-order chi connectivity index (χ0) is 22.9. The molecule has 0 saturated heterocycles. The lowest BCUT2D eigenvalue weighted by Gasteiger charge is -2.21. The summed E-state index contributed by atoms with van der Waals surface area (Å²) in [4.78, 5) is 15.5. The fourth-order valence-corrected chi connectivity index (χ4v) is 5.96. The van der Waals surface area contributed by atoms with Gasteiger partial charge in [-0.25, -0.2) is 9.97 Å². The Morgan fingerprint density at radius 3 is 2.67 bits per heavy atom. The van der Waals surface area contributed by atoms with Crippen LogP contribution >= 0.6 is 22.7 Å². The van der Waals surface area contributed by atoms with Crippen molar-refractivity contribution in [2.45, 2.75) is 38.1 Å². The molecule has 1 aliphatic rings. The summed E-state index contributed by atoms with van der Waals surface area (Å²) < 4.78 is 1.08. The van der Waals surface area contributed by atoms with Crippen molar-refractivity contribution in [3.05, 3.63) is 52.3 Å². The van der Waals surface area contributed by atoms with E-state index in [1.165, 1.54) is 4.88 Å². The second kappa shape index (κ2) is 9.32. The third-order valence-electron chi connectivity index (χ3n) is 6.03. The van der Waals surface area contributed by atoms with E-state index in [-0.39, 0.29) is 12.0 Å². The topological polar surface area (TPSA) is 129 Å². The van der Waals surface area contributed by atoms with Gasteiger partial charge in [-0.3, -0.25) is 0 Å². The van der Waals surface area contributed by atoms with E-state index in [0.717, 1.165) is 26.5 Å². The van der Waals surface area contributed by atoms with Crippen molar-refractivity contribution in [1.29, 1.82) is 0 Å². The standard InChI is InChI=1S/C23H26N6O2S2/c1-12-18(22-28-15-6-2-3-7-17(15)33-22)21(27-16-9-13(10-24)19(30)20(16)31)29-23(26-12)25-11-14-5-4-8-32-14/h2-8,13,16,19-20,30-31H,9-11,24H2,1H3,(H2,25,26,27,29)/t13-,16-,19-,20+/m1/s1. The SMILES string of the molecule is Cc1nc(NCc2cccs2)nc(N[C@@H]2C[C@H](CN)[C@@H](O)[C@H]2O)c1-c1nc2ccccc2s1. The van der Waals surface area contributed by atoms with Crippen LogP contribution in [-0.2, 0) is 6.54 Å². The first-order chi connectivity index (χ1) is 16.0. The van der Waals surface area contributed by atoms with E-state index in [4.69, 9.17) is 20.7 Å². The van der Waals surface area contributed by atoms with Crippen LogP contribution in [0.3, 0.4) is 0 Å². The minimum atomic E-state index is -0.931. The minimum Gasteiger partial charge on any atom is -0.390 e. The second-order valence-corrected chi connectivity index (χ2v) is 10.3. The molecule has 10 heteroatoms. The maximum Gasteiger partial charge on any atom is 0.225 e. The Bertz CT molecular complexity index is 1210. The maximum absolute atomic E-state index is 10.6. The van der Waals surface area contributed by atoms with E-state index < -0.39 is 12.2 Å². The van der Waals surface area contributed by atoms with Gasteiger partial charge in [0.1, 0.15) is 16.9 Å². The number of benzene rings is 1. The average molecular weight is 483 g/mol. The monoisotopic (exact) mass is 482 g/mol. The molecule has 0 unspecified atom stereocenters. The van der Waals surface area contributed by atoms with Crippen LogP contribution < -0.4 is 16.4 Å². The third kappa shape index (κ3) is 4.44. The number of anilines is 2. The van der Waals surface area contributed by atoms with Gasteiger partial charge in [0.05, 0.1) is 40.2 Å². The van der Waals surface area contributed by atoms with Crippen molar-refractivity contribution in [2.24, 2.45) is 11.7 Å². The largest absolute Gasteiger partial charge is 0.390 e. The quantitative estimate of drug-likeness (QED) is 0.272. The number of aromatic nitrogens is 3. The number of fused-ring (bicyclic) bond motifs is 1. The first kappa shape index (κ1) is 22.2. The molecule has 3 heterocycles. The fraction of sp³-hybridized carbons (Fsp3) is 0.348. The number of hydrogen-bond acceptors (Lipinski definition) is 10. The number of thiophene rings is 1. The average Bonchev–Trinajstić information content (AvgIpc) is 3.53. The first-order valence-corrected chi connectivity index (χ1v) is 12.6. The summed E-state index contributed by atoms with van der Waals surface area (Å²) in [5.41, 5.74) is 8.30. The highest BCUT2D eigenvalue weighted by Crippen LogP contribution is 2.38. The molecular formula is C23H26N6O2S2. The van der Waals surface area contributed by atoms with Gasteiger partial charge in [0.25, 0.3) is 0 Å². The highest BCUT2D eigenvalue weighted by atomic mass is 32.1. The first-order valence-electron chi connectivity index (χ1n) is 10.9. The predicted octanol–water partition coefficient (Wildman–Crippen LogP) is 3.22. The predicted molar refractivity (Wildman–Crippen MR) is 134 cm³/mol. The molecule has 6 N–H and O–H groups in total. The Labute approximate surface area is 199 Å². The molecule has 8 nitrogen and oxygen atoms in total. The molecule has 1 aromatic carbocycles. The summed E-state index contributed by atoms with van der Waals surface area (Å²) in [5, 5.41) is 30.5. The van der Waals surface area contributed by atoms with Gasteiger partial charge in [-0.15, -0.1) is 22.7 Å². The van der Waals surface area contributed by atoms with E-state index in [1.54, 1.807) is 22.7 Å². The molecule has 0 amide bonds. The Morgan fingerprint density at radius 2 is 1.94 bits per heavy atom. The molecule has 0 bridgehead atoms. The van der Waals surface area contributed by atoms with Crippen LogP contribution in [0, 0.1) is 12.8 Å². The summed E-state index contributed by atoms with van der Waals surface area (Å²) in [6.07, 6.45) is -1.24. The molecule has 172 valence electrons. The zero-order valence-corrected chi connectivity index (χ0v) is 19.7. The molecule has 3 aromatic heterocycles. The number of nitrogens with zero attached hydrogens (tertiary/aromatic N) is 3. The van der Waals surface area contributed by atoms with Gasteiger partial charge in [0.15, 0.2) is 0 Å². The normalized spacial score (nSPS) is 22.7. The van der Waals surface area contributed by atoms with Crippen molar-refractivity contribution in [3.63, 3.8) is 0 Å². The van der Waals surface area contributed by atoms with Gasteiger partial charge in [0.2, 0.25) is 5.95 Å². The van der Waals surface area contributed by atoms with Crippen molar-refractivity contribution in [3.8, 4) is 10.6 Å². The van der Waals surface area contributed by atoms with Crippen LogP contribution in [-0.4, -0.2) is 50.0 Å².